The summed E-state index contributed by atoms with van der Waals surface area (Å²) in [4.78, 5) is 18.6. The lowest BCUT2D eigenvalue weighted by Gasteiger charge is -2.26. The summed E-state index contributed by atoms with van der Waals surface area (Å²) < 4.78 is 11.0. The van der Waals surface area contributed by atoms with E-state index in [9.17, 15) is 4.79 Å². The first-order valence-corrected chi connectivity index (χ1v) is 7.71. The van der Waals surface area contributed by atoms with Gasteiger partial charge in [-0.3, -0.25) is 9.69 Å². The monoisotopic (exact) mass is 293 g/mol. The van der Waals surface area contributed by atoms with Crippen LogP contribution in [0, 0.1) is 5.92 Å². The van der Waals surface area contributed by atoms with Crippen LogP contribution in [0.15, 0.2) is 4.42 Å². The van der Waals surface area contributed by atoms with Crippen LogP contribution in [0.5, 0.6) is 0 Å². The van der Waals surface area contributed by atoms with Gasteiger partial charge in [0.15, 0.2) is 0 Å². The Morgan fingerprint density at radius 1 is 1.38 bits per heavy atom. The predicted molar refractivity (Wildman–Crippen MR) is 76.8 cm³/mol. The van der Waals surface area contributed by atoms with Crippen molar-refractivity contribution in [1.29, 1.82) is 0 Å². The smallest absolute Gasteiger partial charge is 0.307 e. The third-order valence-electron chi connectivity index (χ3n) is 3.99. The van der Waals surface area contributed by atoms with E-state index in [-0.39, 0.29) is 17.8 Å². The van der Waals surface area contributed by atoms with Crippen LogP contribution in [0.2, 0.25) is 0 Å². The van der Waals surface area contributed by atoms with Crippen molar-refractivity contribution in [3.05, 3.63) is 17.3 Å². The SMILES string of the molecule is CC(C)NC(=O)c1nc2c(o1)CN(CC1CCOCC1)C2. The quantitative estimate of drug-likeness (QED) is 0.912. The van der Waals surface area contributed by atoms with Crippen LogP contribution < -0.4 is 5.32 Å². The van der Waals surface area contributed by atoms with Crippen LogP contribution in [0.4, 0.5) is 0 Å². The molecule has 116 valence electrons. The summed E-state index contributed by atoms with van der Waals surface area (Å²) in [6, 6.07) is 0.0873. The molecule has 0 aromatic carbocycles. The lowest BCUT2D eigenvalue weighted by atomic mass is 10.00. The molecule has 0 atom stereocenters. The van der Waals surface area contributed by atoms with Gasteiger partial charge in [-0.1, -0.05) is 0 Å². The minimum absolute atomic E-state index is 0.0873. The highest BCUT2D eigenvalue weighted by Crippen LogP contribution is 2.26. The van der Waals surface area contributed by atoms with E-state index in [4.69, 9.17) is 9.15 Å². The largest absolute Gasteiger partial charge is 0.436 e. The van der Waals surface area contributed by atoms with Crippen molar-refractivity contribution in [2.45, 2.75) is 45.8 Å². The van der Waals surface area contributed by atoms with Crippen LogP contribution >= 0.6 is 0 Å². The molecule has 1 amide bonds. The topological polar surface area (TPSA) is 67.6 Å². The zero-order chi connectivity index (χ0) is 14.8. The number of oxazole rings is 1. The number of carbonyl (C=O) groups is 1. The Morgan fingerprint density at radius 3 is 2.81 bits per heavy atom. The second-order valence-corrected chi connectivity index (χ2v) is 6.24. The first-order chi connectivity index (χ1) is 10.1. The molecule has 2 aliphatic rings. The fourth-order valence-corrected chi connectivity index (χ4v) is 2.95. The molecule has 2 aliphatic heterocycles. The van der Waals surface area contributed by atoms with Gasteiger partial charge in [0, 0.05) is 32.3 Å². The fourth-order valence-electron chi connectivity index (χ4n) is 2.95. The van der Waals surface area contributed by atoms with E-state index in [0.29, 0.717) is 5.92 Å². The second kappa shape index (κ2) is 6.15. The molecule has 1 fully saturated rings. The average Bonchev–Trinajstić information content (AvgIpc) is 2.97. The molecule has 1 N–H and O–H groups in total. The van der Waals surface area contributed by atoms with Crippen molar-refractivity contribution < 1.29 is 13.9 Å². The molecule has 6 heteroatoms. The number of nitrogens with zero attached hydrogens (tertiary/aromatic N) is 2. The van der Waals surface area contributed by atoms with Gasteiger partial charge in [-0.05, 0) is 32.6 Å². The lowest BCUT2D eigenvalue weighted by molar-refractivity contribution is 0.0512. The summed E-state index contributed by atoms with van der Waals surface area (Å²) in [5.74, 6) is 1.51. The van der Waals surface area contributed by atoms with Crippen molar-refractivity contribution in [2.75, 3.05) is 19.8 Å². The fraction of sp³-hybridized carbons (Fsp3) is 0.733. The lowest BCUT2D eigenvalue weighted by Crippen LogP contribution is -2.31. The zero-order valence-electron chi connectivity index (χ0n) is 12.7. The molecule has 0 radical (unpaired) electrons. The van der Waals surface area contributed by atoms with E-state index in [1.165, 1.54) is 0 Å². The van der Waals surface area contributed by atoms with Gasteiger partial charge in [0.25, 0.3) is 5.89 Å². The van der Waals surface area contributed by atoms with Crippen LogP contribution in [-0.2, 0) is 17.8 Å². The first kappa shape index (κ1) is 14.5. The van der Waals surface area contributed by atoms with Crippen molar-refractivity contribution in [3.8, 4) is 0 Å². The summed E-state index contributed by atoms with van der Waals surface area (Å²) in [5.41, 5.74) is 0.913. The van der Waals surface area contributed by atoms with Crippen molar-refractivity contribution in [3.63, 3.8) is 0 Å². The van der Waals surface area contributed by atoms with Crippen LogP contribution in [0.25, 0.3) is 0 Å². The Hall–Kier alpha value is -1.40. The maximum absolute atomic E-state index is 11.9. The first-order valence-electron chi connectivity index (χ1n) is 7.71. The third-order valence-corrected chi connectivity index (χ3v) is 3.99. The Morgan fingerprint density at radius 2 is 2.14 bits per heavy atom. The molecule has 0 unspecified atom stereocenters. The molecular formula is C15H23N3O3. The highest BCUT2D eigenvalue weighted by molar-refractivity contribution is 5.89. The summed E-state index contributed by atoms with van der Waals surface area (Å²) in [6.45, 7) is 8.19. The highest BCUT2D eigenvalue weighted by atomic mass is 16.5. The van der Waals surface area contributed by atoms with E-state index < -0.39 is 0 Å². The van der Waals surface area contributed by atoms with Crippen LogP contribution in [0.3, 0.4) is 0 Å². The van der Waals surface area contributed by atoms with Gasteiger partial charge >= 0.3 is 5.91 Å². The van der Waals surface area contributed by atoms with Crippen LogP contribution in [0.1, 0.15) is 48.8 Å². The summed E-state index contributed by atoms with van der Waals surface area (Å²) >= 11 is 0. The molecule has 0 saturated carbocycles. The molecule has 0 aliphatic carbocycles. The minimum Gasteiger partial charge on any atom is -0.436 e. The van der Waals surface area contributed by atoms with Crippen molar-refractivity contribution >= 4 is 5.91 Å². The molecule has 3 heterocycles. The number of rotatable bonds is 4. The van der Waals surface area contributed by atoms with Crippen molar-refractivity contribution in [1.82, 2.24) is 15.2 Å². The number of ether oxygens (including phenoxy) is 1. The molecule has 0 bridgehead atoms. The van der Waals surface area contributed by atoms with Gasteiger partial charge < -0.3 is 14.5 Å². The Bertz CT molecular complexity index is 483. The molecule has 1 aromatic heterocycles. The van der Waals surface area contributed by atoms with Gasteiger partial charge in [-0.25, -0.2) is 4.98 Å². The number of hydrogen-bond donors (Lipinski definition) is 1. The maximum Gasteiger partial charge on any atom is 0.307 e. The van der Waals surface area contributed by atoms with E-state index in [2.05, 4.69) is 15.2 Å². The van der Waals surface area contributed by atoms with Crippen LogP contribution in [-0.4, -0.2) is 41.6 Å². The van der Waals surface area contributed by atoms with Gasteiger partial charge in [-0.2, -0.15) is 0 Å². The molecule has 1 saturated heterocycles. The standard InChI is InChI=1S/C15H23N3O3/c1-10(2)16-14(19)15-17-12-8-18(9-13(12)21-15)7-11-3-5-20-6-4-11/h10-11H,3-9H2,1-2H3,(H,16,19). The number of aromatic nitrogens is 1. The maximum atomic E-state index is 11.9. The summed E-state index contributed by atoms with van der Waals surface area (Å²) in [7, 11) is 0. The van der Waals surface area contributed by atoms with Gasteiger partial charge in [0.1, 0.15) is 5.76 Å². The van der Waals surface area contributed by atoms with E-state index in [0.717, 1.165) is 57.1 Å². The molecule has 0 spiro atoms. The molecular weight excluding hydrogens is 270 g/mol. The third kappa shape index (κ3) is 3.44. The van der Waals surface area contributed by atoms with E-state index in [1.807, 2.05) is 13.8 Å². The number of nitrogens with one attached hydrogen (secondary N) is 1. The number of fused-ring (bicyclic) bond motifs is 1. The zero-order valence-corrected chi connectivity index (χ0v) is 12.7. The number of hydrogen-bond acceptors (Lipinski definition) is 5. The minimum atomic E-state index is -0.227. The molecule has 6 nitrogen and oxygen atoms in total. The predicted octanol–water partition coefficient (Wildman–Crippen LogP) is 1.56. The van der Waals surface area contributed by atoms with Gasteiger partial charge in [0.05, 0.1) is 12.2 Å². The summed E-state index contributed by atoms with van der Waals surface area (Å²) in [5, 5.41) is 2.80. The second-order valence-electron chi connectivity index (χ2n) is 6.24. The molecule has 1 aromatic rings. The Kier molecular flexibility index (Phi) is 4.26. The normalized spacial score (nSPS) is 20.0. The van der Waals surface area contributed by atoms with E-state index >= 15 is 0 Å². The molecule has 21 heavy (non-hydrogen) atoms. The highest BCUT2D eigenvalue weighted by Gasteiger charge is 2.29. The van der Waals surface area contributed by atoms with Crippen molar-refractivity contribution in [2.24, 2.45) is 5.92 Å². The van der Waals surface area contributed by atoms with E-state index in [1.54, 1.807) is 0 Å². The Labute approximate surface area is 124 Å². The summed E-state index contributed by atoms with van der Waals surface area (Å²) in [6.07, 6.45) is 2.26. The number of carbonyl (C=O) groups excluding carboxylic acids is 1. The average molecular weight is 293 g/mol. The molecule has 3 rings (SSSR count). The van der Waals surface area contributed by atoms with Gasteiger partial charge in [0.2, 0.25) is 0 Å². The van der Waals surface area contributed by atoms with Gasteiger partial charge in [-0.15, -0.1) is 0 Å². The Balaban J connectivity index is 1.56. The number of amides is 1.